The number of fused-ring (bicyclic) bond motifs is 2. The van der Waals surface area contributed by atoms with Crippen LogP contribution in [0.15, 0.2) is 0 Å². The van der Waals surface area contributed by atoms with Crippen LogP contribution in [0.4, 0.5) is 13.2 Å². The highest BCUT2D eigenvalue weighted by Gasteiger charge is 2.53. The van der Waals surface area contributed by atoms with E-state index in [4.69, 9.17) is 16.3 Å². The molecular formula is C72H114ClF3N12O13. The zero-order chi connectivity index (χ0) is 74.1. The standard InChI is InChI=1S/C72H114ClF3N12O13/c1-12-44(5)58-67(97)80(7)45(6)63(93)88-34-30-53(88)65(95)83(10)60(48-23-16-17-24-48)69(99)85(13-2)42-56(89)77-51(29-27-46-26-28-49(50(73)40-46)72(74,75)76)64(94)87-33-20-25-52(87)62(92)79-71(31-18-19-32-71)70(100)84(11)59(47-21-14-15-22-47)68(98)82(9)55(66(96)86-35-37-101-38-36-86)41-57(90)81(8)54(39-43(3)4)61(91)78-58/h43-55,58-60H,12-42H2,1-11H3,(H,77,89)(H,78,91)(H,79,92)/t44-,45-,46?,49?,50?,51-,52-,53-,54-,55-,58-,59-,60-/m0/s1. The number of likely N-dealkylation sites (N-methyl/N-ethyl adjacent to an activating group) is 6. The fourth-order valence-electron chi connectivity index (χ4n) is 17.1. The van der Waals surface area contributed by atoms with E-state index in [0.29, 0.717) is 51.4 Å². The first-order chi connectivity index (χ1) is 47.8. The van der Waals surface area contributed by atoms with Crippen LogP contribution in [0.25, 0.3) is 0 Å². The number of hydrogen-bond acceptors (Lipinski definition) is 13. The van der Waals surface area contributed by atoms with Gasteiger partial charge in [-0.2, -0.15) is 13.2 Å². The Morgan fingerprint density at radius 3 is 1.78 bits per heavy atom. The van der Waals surface area contributed by atoms with Gasteiger partial charge >= 0.3 is 6.18 Å². The topological polar surface area (TPSA) is 279 Å². The molecule has 8 rings (SSSR count). The maximum atomic E-state index is 15.7. The minimum absolute atomic E-state index is 0.00168. The number of carbonyl (C=O) groups excluding carboxylic acids is 12. The molecule has 0 aromatic heterocycles. The first-order valence-corrected chi connectivity index (χ1v) is 37.9. The molecule has 4 saturated carbocycles. The van der Waals surface area contributed by atoms with Crippen molar-refractivity contribution in [2.75, 3.05) is 87.7 Å². The molecule has 0 aromatic carbocycles. The van der Waals surface area contributed by atoms with Crippen LogP contribution in [0.5, 0.6) is 0 Å². The quantitative estimate of drug-likeness (QED) is 0.228. The number of hydrogen-bond donors (Lipinski definition) is 3. The van der Waals surface area contributed by atoms with E-state index < -0.39 is 173 Å². The molecule has 4 aliphatic carbocycles. The van der Waals surface area contributed by atoms with Gasteiger partial charge in [0.25, 0.3) is 0 Å². The second-order valence-electron chi connectivity index (χ2n) is 30.8. The minimum atomic E-state index is -4.51. The molecule has 0 bridgehead atoms. The number of nitrogens with one attached hydrogen (secondary N) is 3. The molecule has 13 atom stereocenters. The van der Waals surface area contributed by atoms with Crippen LogP contribution in [-0.4, -0.2) is 274 Å². The maximum Gasteiger partial charge on any atom is 0.393 e. The van der Waals surface area contributed by atoms with Gasteiger partial charge in [-0.15, -0.1) is 11.6 Å². The van der Waals surface area contributed by atoms with E-state index in [0.717, 1.165) is 25.7 Å². The first kappa shape index (κ1) is 80.4. The van der Waals surface area contributed by atoms with E-state index in [9.17, 15) is 37.1 Å². The molecule has 29 heteroatoms. The number of rotatable bonds is 11. The number of nitrogens with zero attached hydrogens (tertiary/aromatic N) is 9. The van der Waals surface area contributed by atoms with E-state index in [-0.39, 0.29) is 128 Å². The van der Waals surface area contributed by atoms with Gasteiger partial charge in [0, 0.05) is 73.3 Å². The average molecular weight is 1450 g/mol. The van der Waals surface area contributed by atoms with Crippen LogP contribution in [-0.2, 0) is 62.3 Å². The molecule has 101 heavy (non-hydrogen) atoms. The Bertz CT molecular complexity index is 3000. The van der Waals surface area contributed by atoms with Crippen molar-refractivity contribution in [2.24, 2.45) is 35.5 Å². The third-order valence-corrected chi connectivity index (χ3v) is 24.4. The smallest absolute Gasteiger partial charge is 0.378 e. The Morgan fingerprint density at radius 1 is 0.624 bits per heavy atom. The molecule has 8 fully saturated rings. The number of carbonyl (C=O) groups is 12. The van der Waals surface area contributed by atoms with Crippen molar-refractivity contribution in [3.05, 3.63) is 0 Å². The fourth-order valence-corrected chi connectivity index (χ4v) is 17.7. The highest BCUT2D eigenvalue weighted by molar-refractivity contribution is 6.21. The summed E-state index contributed by atoms with van der Waals surface area (Å²) in [4.78, 5) is 193. The van der Waals surface area contributed by atoms with E-state index >= 15 is 33.6 Å². The molecule has 4 aliphatic heterocycles. The molecule has 8 aliphatic rings. The zero-order valence-electron chi connectivity index (χ0n) is 61.5. The van der Waals surface area contributed by atoms with E-state index in [2.05, 4.69) is 16.0 Å². The second-order valence-corrected chi connectivity index (χ2v) is 31.4. The van der Waals surface area contributed by atoms with Crippen LogP contribution >= 0.6 is 11.6 Å². The molecule has 4 saturated heterocycles. The van der Waals surface area contributed by atoms with Crippen LogP contribution in [0.3, 0.4) is 0 Å². The highest BCUT2D eigenvalue weighted by Crippen LogP contribution is 2.44. The van der Waals surface area contributed by atoms with Crippen LogP contribution in [0, 0.1) is 35.5 Å². The Hall–Kier alpha value is -6.32. The Balaban J connectivity index is 1.17. The summed E-state index contributed by atoms with van der Waals surface area (Å²) in [5, 5.41) is 7.69. The minimum Gasteiger partial charge on any atom is -0.378 e. The van der Waals surface area contributed by atoms with Gasteiger partial charge in [-0.3, -0.25) is 57.5 Å². The van der Waals surface area contributed by atoms with Gasteiger partial charge in [-0.05, 0) is 140 Å². The van der Waals surface area contributed by atoms with Gasteiger partial charge in [-0.1, -0.05) is 72.6 Å². The number of amides is 12. The van der Waals surface area contributed by atoms with Gasteiger partial charge in [0.1, 0.15) is 59.9 Å². The lowest BCUT2D eigenvalue weighted by Gasteiger charge is -2.45. The van der Waals surface area contributed by atoms with Crippen molar-refractivity contribution in [3.63, 3.8) is 0 Å². The second kappa shape index (κ2) is 35.0. The third-order valence-electron chi connectivity index (χ3n) is 23.9. The molecule has 568 valence electrons. The molecule has 25 nitrogen and oxygen atoms in total. The lowest BCUT2D eigenvalue weighted by atomic mass is 9.78. The molecule has 12 amide bonds. The van der Waals surface area contributed by atoms with Crippen molar-refractivity contribution >= 4 is 82.5 Å². The van der Waals surface area contributed by atoms with Gasteiger partial charge in [0.15, 0.2) is 0 Å². The first-order valence-electron chi connectivity index (χ1n) is 37.5. The predicted molar refractivity (Wildman–Crippen MR) is 369 cm³/mol. The maximum absolute atomic E-state index is 15.7. The largest absolute Gasteiger partial charge is 0.393 e. The van der Waals surface area contributed by atoms with Crippen LogP contribution in [0.2, 0.25) is 0 Å². The molecule has 1 spiro atoms. The molecule has 3 N–H and O–H groups in total. The number of halogens is 4. The summed E-state index contributed by atoms with van der Waals surface area (Å²) in [6.45, 7) is 11.0. The van der Waals surface area contributed by atoms with E-state index in [1.165, 1.54) is 86.3 Å². The normalized spacial score (nSPS) is 31.6. The summed E-state index contributed by atoms with van der Waals surface area (Å²) in [6.07, 6.45) is 2.98. The summed E-state index contributed by atoms with van der Waals surface area (Å²) in [5.74, 6) is -10.8. The third kappa shape index (κ3) is 18.4. The van der Waals surface area contributed by atoms with Gasteiger partial charge in [0.05, 0.1) is 32.1 Å². The molecule has 0 aromatic rings. The summed E-state index contributed by atoms with van der Waals surface area (Å²) >= 11 is 6.42. The Kier molecular flexibility index (Phi) is 27.8. The van der Waals surface area contributed by atoms with Crippen LogP contribution in [0.1, 0.15) is 189 Å². The van der Waals surface area contributed by atoms with Crippen molar-refractivity contribution in [3.8, 4) is 0 Å². The average Bonchev–Trinajstić information content (AvgIpc) is 1.70. The fraction of sp³-hybridized carbons (Fsp3) is 0.833. The molecular weight excluding hydrogens is 1330 g/mol. The zero-order valence-corrected chi connectivity index (χ0v) is 62.3. The lowest BCUT2D eigenvalue weighted by Crippen LogP contribution is -2.65. The van der Waals surface area contributed by atoms with Gasteiger partial charge in [0.2, 0.25) is 70.9 Å². The lowest BCUT2D eigenvalue weighted by molar-refractivity contribution is -0.182. The summed E-state index contributed by atoms with van der Waals surface area (Å²) in [6, 6.07) is -10.8. The summed E-state index contributed by atoms with van der Waals surface area (Å²) < 4.78 is 47.7. The van der Waals surface area contributed by atoms with Crippen LogP contribution < -0.4 is 16.0 Å². The van der Waals surface area contributed by atoms with Crippen molar-refractivity contribution < 1.29 is 75.4 Å². The molecule has 3 unspecified atom stereocenters. The number of ether oxygens (including phenoxy) is 1. The predicted octanol–water partition coefficient (Wildman–Crippen LogP) is 5.08. The summed E-state index contributed by atoms with van der Waals surface area (Å²) in [7, 11) is 7.34. The number of alkyl halides is 4. The highest BCUT2D eigenvalue weighted by atomic mass is 35.5. The number of morpholine rings is 1. The van der Waals surface area contributed by atoms with Crippen molar-refractivity contribution in [1.29, 1.82) is 0 Å². The monoisotopic (exact) mass is 1450 g/mol. The van der Waals surface area contributed by atoms with Gasteiger partial charge in [-0.25, -0.2) is 0 Å². The van der Waals surface area contributed by atoms with E-state index in [1.54, 1.807) is 13.8 Å². The Labute approximate surface area is 599 Å². The van der Waals surface area contributed by atoms with Crippen molar-refractivity contribution in [1.82, 2.24) is 60.0 Å². The SMILES string of the molecule is CC[C@H](C)[C@@H]1NC(=O)[C@H](CC(C)C)N(C)C(=O)C[C@@H](C(=O)N2CCOCC2)N(C)C(=O)[C@H](C2CCCC2)N(C)C(=O)C2(CCCC2)NC(=O)[C@@H]2CCCN2C(=O)[C@H](CCC2CCC(C(F)(F)F)C(Cl)C2)NC(=O)CN(CC)C(=O)[C@H](C2CCCC2)N(C)C(=O)[C@@H]2CCN2C(=O)[C@H](C)N(C)C1=O. The molecule has 4 heterocycles. The van der Waals surface area contributed by atoms with Gasteiger partial charge < -0.3 is 64.8 Å². The molecule has 0 radical (unpaired) electrons. The van der Waals surface area contributed by atoms with E-state index in [1.807, 2.05) is 20.8 Å². The van der Waals surface area contributed by atoms with Crippen molar-refractivity contribution in [2.45, 2.75) is 261 Å². The Morgan fingerprint density at radius 2 is 1.23 bits per heavy atom. The summed E-state index contributed by atoms with van der Waals surface area (Å²) in [5.41, 5.74) is -1.56.